The third-order valence-corrected chi connectivity index (χ3v) is 2.66. The molecule has 0 heterocycles. The average Bonchev–Trinajstić information content (AvgIpc) is 2.16. The highest BCUT2D eigenvalue weighted by Gasteiger charge is 2.09. The molecule has 0 radical (unpaired) electrons. The van der Waals surface area contributed by atoms with Gasteiger partial charge in [-0.25, -0.2) is 0 Å². The molecule has 92 valence electrons. The van der Waals surface area contributed by atoms with Gasteiger partial charge >= 0.3 is 5.97 Å². The summed E-state index contributed by atoms with van der Waals surface area (Å²) in [5.41, 5.74) is 0. The van der Waals surface area contributed by atoms with Crippen molar-refractivity contribution in [1.29, 1.82) is 0 Å². The molecule has 0 fully saturated rings. The highest BCUT2D eigenvalue weighted by molar-refractivity contribution is 5.85. The normalized spacial score (nSPS) is 11.9. The molecule has 1 unspecified atom stereocenters. The largest absolute Gasteiger partial charge is 0.481 e. The van der Waals surface area contributed by atoms with Crippen LogP contribution in [0.15, 0.2) is 0 Å². The molecule has 2 nitrogen and oxygen atoms in total. The van der Waals surface area contributed by atoms with E-state index in [0.717, 1.165) is 12.8 Å². The van der Waals surface area contributed by atoms with Crippen LogP contribution in [0.2, 0.25) is 0 Å². The second-order valence-corrected chi connectivity index (χ2v) is 4.15. The van der Waals surface area contributed by atoms with Gasteiger partial charge in [-0.2, -0.15) is 0 Å². The first-order valence-corrected chi connectivity index (χ1v) is 5.91. The molecule has 1 N–H and O–H groups in total. The number of aliphatic carboxylic acids is 1. The second kappa shape index (κ2) is 11.8. The van der Waals surface area contributed by atoms with Crippen molar-refractivity contribution in [2.24, 2.45) is 5.92 Å². The van der Waals surface area contributed by atoms with Crippen LogP contribution < -0.4 is 0 Å². The third kappa shape index (κ3) is 11.7. The van der Waals surface area contributed by atoms with Gasteiger partial charge in [-0.15, -0.1) is 12.4 Å². The topological polar surface area (TPSA) is 37.3 Å². The number of carboxylic acid groups (broad SMARTS) is 1. The molecular formula is C12H25ClO2. The summed E-state index contributed by atoms with van der Waals surface area (Å²) in [7, 11) is 0. The molecule has 0 saturated carbocycles. The fourth-order valence-electron chi connectivity index (χ4n) is 1.53. The minimum absolute atomic E-state index is 0. The molecule has 0 aromatic carbocycles. The van der Waals surface area contributed by atoms with Crippen LogP contribution in [0.25, 0.3) is 0 Å². The Balaban J connectivity index is 0. The predicted octanol–water partition coefficient (Wildman–Crippen LogP) is 4.27. The van der Waals surface area contributed by atoms with Gasteiger partial charge in [-0.3, -0.25) is 4.79 Å². The smallest absolute Gasteiger partial charge is 0.306 e. The maximum Gasteiger partial charge on any atom is 0.306 e. The number of carbonyl (C=O) groups is 1. The van der Waals surface area contributed by atoms with E-state index in [0.29, 0.717) is 0 Å². The Hall–Kier alpha value is -0.240. The van der Waals surface area contributed by atoms with Gasteiger partial charge in [0.05, 0.1) is 5.92 Å². The van der Waals surface area contributed by atoms with Gasteiger partial charge in [0.1, 0.15) is 0 Å². The molecule has 0 saturated heterocycles. The lowest BCUT2D eigenvalue weighted by molar-refractivity contribution is -0.141. The maximum atomic E-state index is 10.5. The van der Waals surface area contributed by atoms with E-state index < -0.39 is 5.97 Å². The summed E-state index contributed by atoms with van der Waals surface area (Å²) in [5, 5.41) is 8.65. The summed E-state index contributed by atoms with van der Waals surface area (Å²) in [6.07, 6.45) is 9.65. The van der Waals surface area contributed by atoms with E-state index in [1.54, 1.807) is 6.92 Å². The van der Waals surface area contributed by atoms with Crippen molar-refractivity contribution in [2.45, 2.75) is 65.2 Å². The first-order chi connectivity index (χ1) is 6.68. The van der Waals surface area contributed by atoms with Crippen molar-refractivity contribution in [2.75, 3.05) is 0 Å². The number of carboxylic acids is 1. The van der Waals surface area contributed by atoms with E-state index in [1.165, 1.54) is 38.5 Å². The van der Waals surface area contributed by atoms with Crippen LogP contribution in [-0.4, -0.2) is 11.1 Å². The third-order valence-electron chi connectivity index (χ3n) is 2.66. The average molecular weight is 237 g/mol. The zero-order valence-corrected chi connectivity index (χ0v) is 10.8. The fraction of sp³-hybridized carbons (Fsp3) is 0.917. The molecular weight excluding hydrogens is 212 g/mol. The summed E-state index contributed by atoms with van der Waals surface area (Å²) in [5.74, 6) is -0.818. The number of halogens is 1. The zero-order chi connectivity index (χ0) is 10.8. The van der Waals surface area contributed by atoms with E-state index in [1.807, 2.05) is 0 Å². The summed E-state index contributed by atoms with van der Waals surface area (Å²) in [6, 6.07) is 0. The Labute approximate surface area is 99.9 Å². The Morgan fingerprint density at radius 2 is 1.53 bits per heavy atom. The summed E-state index contributed by atoms with van der Waals surface area (Å²) in [6.45, 7) is 4.01. The zero-order valence-electron chi connectivity index (χ0n) is 10.00. The Morgan fingerprint density at radius 3 is 2.00 bits per heavy atom. The molecule has 0 rings (SSSR count). The van der Waals surface area contributed by atoms with E-state index in [-0.39, 0.29) is 18.3 Å². The van der Waals surface area contributed by atoms with Gasteiger partial charge in [-0.05, 0) is 6.42 Å². The van der Waals surface area contributed by atoms with Crippen molar-refractivity contribution >= 4 is 18.4 Å². The van der Waals surface area contributed by atoms with E-state index in [4.69, 9.17) is 5.11 Å². The minimum Gasteiger partial charge on any atom is -0.481 e. The van der Waals surface area contributed by atoms with Crippen molar-refractivity contribution in [3.8, 4) is 0 Å². The molecule has 0 aromatic heterocycles. The maximum absolute atomic E-state index is 10.5. The van der Waals surface area contributed by atoms with Gasteiger partial charge in [0.2, 0.25) is 0 Å². The molecule has 0 aliphatic heterocycles. The number of hydrogen-bond acceptors (Lipinski definition) is 1. The molecule has 1 atom stereocenters. The SMILES string of the molecule is CCCCCCCCCC(C)C(=O)O.Cl. The van der Waals surface area contributed by atoms with Crippen LogP contribution in [-0.2, 0) is 4.79 Å². The van der Waals surface area contributed by atoms with Crippen molar-refractivity contribution in [1.82, 2.24) is 0 Å². The van der Waals surface area contributed by atoms with E-state index in [2.05, 4.69) is 6.92 Å². The molecule has 0 aromatic rings. The van der Waals surface area contributed by atoms with Gasteiger partial charge in [0.25, 0.3) is 0 Å². The van der Waals surface area contributed by atoms with Gasteiger partial charge in [0.15, 0.2) is 0 Å². The van der Waals surface area contributed by atoms with Crippen LogP contribution in [0.5, 0.6) is 0 Å². The van der Waals surface area contributed by atoms with Crippen LogP contribution in [0.1, 0.15) is 65.2 Å². The molecule has 0 spiro atoms. The van der Waals surface area contributed by atoms with E-state index >= 15 is 0 Å². The van der Waals surface area contributed by atoms with Gasteiger partial charge < -0.3 is 5.11 Å². The first kappa shape index (κ1) is 17.2. The summed E-state index contributed by atoms with van der Waals surface area (Å²) >= 11 is 0. The lowest BCUT2D eigenvalue weighted by atomic mass is 10.0. The Kier molecular flexibility index (Phi) is 13.5. The number of rotatable bonds is 9. The Morgan fingerprint density at radius 1 is 1.07 bits per heavy atom. The second-order valence-electron chi connectivity index (χ2n) is 4.15. The van der Waals surface area contributed by atoms with Crippen LogP contribution in [0.4, 0.5) is 0 Å². The van der Waals surface area contributed by atoms with Crippen molar-refractivity contribution in [3.05, 3.63) is 0 Å². The van der Waals surface area contributed by atoms with Crippen molar-refractivity contribution < 1.29 is 9.90 Å². The standard InChI is InChI=1S/C12H24O2.ClH/c1-3-4-5-6-7-8-9-10-11(2)12(13)14;/h11H,3-10H2,1-2H3,(H,13,14);1H. The highest BCUT2D eigenvalue weighted by atomic mass is 35.5. The summed E-state index contributed by atoms with van der Waals surface area (Å²) < 4.78 is 0. The monoisotopic (exact) mass is 236 g/mol. The van der Waals surface area contributed by atoms with Gasteiger partial charge in [0, 0.05) is 0 Å². The molecule has 0 amide bonds. The number of unbranched alkanes of at least 4 members (excludes halogenated alkanes) is 6. The van der Waals surface area contributed by atoms with Gasteiger partial charge in [-0.1, -0.05) is 58.8 Å². The molecule has 0 aliphatic rings. The van der Waals surface area contributed by atoms with Crippen LogP contribution >= 0.6 is 12.4 Å². The highest BCUT2D eigenvalue weighted by Crippen LogP contribution is 2.12. The molecule has 3 heteroatoms. The van der Waals surface area contributed by atoms with E-state index in [9.17, 15) is 4.79 Å². The quantitative estimate of drug-likeness (QED) is 0.607. The summed E-state index contributed by atoms with van der Waals surface area (Å²) in [4.78, 5) is 10.5. The van der Waals surface area contributed by atoms with Crippen LogP contribution in [0, 0.1) is 5.92 Å². The Bertz CT molecular complexity index is 149. The lowest BCUT2D eigenvalue weighted by Gasteiger charge is -2.05. The first-order valence-electron chi connectivity index (χ1n) is 5.91. The molecule has 15 heavy (non-hydrogen) atoms. The van der Waals surface area contributed by atoms with Crippen LogP contribution in [0.3, 0.4) is 0 Å². The molecule has 0 bridgehead atoms. The molecule has 0 aliphatic carbocycles. The predicted molar refractivity (Wildman–Crippen MR) is 66.7 cm³/mol. The lowest BCUT2D eigenvalue weighted by Crippen LogP contribution is -2.08. The van der Waals surface area contributed by atoms with Crippen molar-refractivity contribution in [3.63, 3.8) is 0 Å². The number of hydrogen-bond donors (Lipinski definition) is 1. The fourth-order valence-corrected chi connectivity index (χ4v) is 1.53. The minimum atomic E-state index is -0.656.